The quantitative estimate of drug-likeness (QED) is 0.311. The van der Waals surface area contributed by atoms with Gasteiger partial charge >= 0.3 is 0 Å². The van der Waals surface area contributed by atoms with Crippen LogP contribution in [0.1, 0.15) is 22.1 Å². The van der Waals surface area contributed by atoms with Gasteiger partial charge in [0.15, 0.2) is 0 Å². The van der Waals surface area contributed by atoms with Crippen LogP contribution in [0.2, 0.25) is 5.02 Å². The van der Waals surface area contributed by atoms with Gasteiger partial charge in [-0.3, -0.25) is 4.72 Å². The third-order valence-electron chi connectivity index (χ3n) is 5.79. The fourth-order valence-electron chi connectivity index (χ4n) is 4.02. The number of halogens is 1. The van der Waals surface area contributed by atoms with E-state index in [1.807, 2.05) is 24.3 Å². The Morgan fingerprint density at radius 1 is 1.00 bits per heavy atom. The van der Waals surface area contributed by atoms with Crippen LogP contribution >= 0.6 is 22.9 Å². The third-order valence-corrected chi connectivity index (χ3v) is 7.90. The third kappa shape index (κ3) is 6.04. The van der Waals surface area contributed by atoms with Crippen molar-refractivity contribution >= 4 is 38.6 Å². The number of ether oxygens (including phenoxy) is 1. The first-order chi connectivity index (χ1) is 16.6. The Hall–Kier alpha value is -2.02. The molecule has 0 unspecified atom stereocenters. The second kappa shape index (κ2) is 10.5. The summed E-state index contributed by atoms with van der Waals surface area (Å²) in [6.07, 6.45) is -4.54. The summed E-state index contributed by atoms with van der Waals surface area (Å²) < 4.78 is 30.9. The van der Waals surface area contributed by atoms with Crippen molar-refractivity contribution in [3.05, 3.63) is 75.6 Å². The molecule has 4 rings (SSSR count). The molecule has 0 spiro atoms. The van der Waals surface area contributed by atoms with E-state index < -0.39 is 47.2 Å². The van der Waals surface area contributed by atoms with E-state index in [1.54, 1.807) is 41.7 Å². The molecule has 35 heavy (non-hydrogen) atoms. The molecule has 0 aliphatic carbocycles. The van der Waals surface area contributed by atoms with Gasteiger partial charge in [0, 0.05) is 26.9 Å². The van der Waals surface area contributed by atoms with Crippen molar-refractivity contribution in [1.82, 2.24) is 0 Å². The SMILES string of the molecule is CS(=O)(=O)Nc1ccc(-c2ccc(Cc3cc([C@@H]4O[C@H](CO)[C@@H](O)[C@H](O)[C@H]4O)ccc3Cl)s2)cc1. The Labute approximate surface area is 212 Å². The van der Waals surface area contributed by atoms with Crippen molar-refractivity contribution < 1.29 is 33.6 Å². The lowest BCUT2D eigenvalue weighted by Crippen LogP contribution is -2.55. The molecule has 0 radical (unpaired) electrons. The number of sulfonamides is 1. The molecule has 188 valence electrons. The lowest BCUT2D eigenvalue weighted by Gasteiger charge is -2.40. The van der Waals surface area contributed by atoms with Crippen LogP contribution in [0.5, 0.6) is 0 Å². The van der Waals surface area contributed by atoms with Gasteiger partial charge in [0.1, 0.15) is 30.5 Å². The van der Waals surface area contributed by atoms with Gasteiger partial charge < -0.3 is 25.2 Å². The summed E-state index contributed by atoms with van der Waals surface area (Å²) in [5, 5.41) is 40.6. The van der Waals surface area contributed by atoms with E-state index in [9.17, 15) is 28.8 Å². The Morgan fingerprint density at radius 2 is 1.71 bits per heavy atom. The van der Waals surface area contributed by atoms with Gasteiger partial charge in [-0.05, 0) is 47.0 Å². The van der Waals surface area contributed by atoms with Crippen molar-refractivity contribution in [2.45, 2.75) is 36.9 Å². The first-order valence-electron chi connectivity index (χ1n) is 10.8. The zero-order valence-electron chi connectivity index (χ0n) is 18.7. The minimum Gasteiger partial charge on any atom is -0.394 e. The monoisotopic (exact) mass is 539 g/mol. The zero-order chi connectivity index (χ0) is 25.3. The van der Waals surface area contributed by atoms with Crippen LogP contribution in [-0.4, -0.2) is 66.1 Å². The number of aliphatic hydroxyl groups is 4. The standard InChI is InChI=1S/C24H26ClNO7S2/c1-35(31,32)26-16-5-2-13(3-6-16)20-9-7-17(34-20)11-15-10-14(4-8-18(15)25)24-23(30)22(29)21(28)19(12-27)33-24/h2-10,19,21-24,26-30H,11-12H2,1H3/t19-,21-,22+,23-,24+/m1/s1. The summed E-state index contributed by atoms with van der Waals surface area (Å²) in [7, 11) is -3.34. The zero-order valence-corrected chi connectivity index (χ0v) is 21.1. The highest BCUT2D eigenvalue weighted by molar-refractivity contribution is 7.92. The van der Waals surface area contributed by atoms with E-state index in [0.29, 0.717) is 22.7 Å². The van der Waals surface area contributed by atoms with Crippen molar-refractivity contribution in [1.29, 1.82) is 0 Å². The molecular formula is C24H26ClNO7S2. The summed E-state index contributed by atoms with van der Waals surface area (Å²) in [5.74, 6) is 0. The minimum atomic E-state index is -3.34. The van der Waals surface area contributed by atoms with Gasteiger partial charge in [0.25, 0.3) is 0 Å². The summed E-state index contributed by atoms with van der Waals surface area (Å²) in [4.78, 5) is 2.04. The fourth-order valence-corrected chi connectivity index (χ4v) is 5.80. The molecule has 8 nitrogen and oxygen atoms in total. The van der Waals surface area contributed by atoms with E-state index in [0.717, 1.165) is 27.1 Å². The van der Waals surface area contributed by atoms with Crippen LogP contribution in [0.4, 0.5) is 5.69 Å². The van der Waals surface area contributed by atoms with Gasteiger partial charge in [-0.2, -0.15) is 0 Å². The fraction of sp³-hybridized carbons (Fsp3) is 0.333. The van der Waals surface area contributed by atoms with Gasteiger partial charge in [-0.25, -0.2) is 8.42 Å². The smallest absolute Gasteiger partial charge is 0.229 e. The molecule has 0 saturated carbocycles. The van der Waals surface area contributed by atoms with Crippen LogP contribution in [0.25, 0.3) is 10.4 Å². The molecule has 1 fully saturated rings. The molecule has 2 aromatic carbocycles. The lowest BCUT2D eigenvalue weighted by atomic mass is 9.90. The molecule has 3 aromatic rings. The lowest BCUT2D eigenvalue weighted by molar-refractivity contribution is -0.231. The number of thiophene rings is 1. The largest absolute Gasteiger partial charge is 0.394 e. The van der Waals surface area contributed by atoms with Crippen LogP contribution in [0, 0.1) is 0 Å². The van der Waals surface area contributed by atoms with Crippen molar-refractivity contribution in [3.8, 4) is 10.4 Å². The minimum absolute atomic E-state index is 0.491. The second-order valence-electron chi connectivity index (χ2n) is 8.49. The molecule has 5 N–H and O–H groups in total. The van der Waals surface area contributed by atoms with E-state index in [1.165, 1.54) is 0 Å². The summed E-state index contributed by atoms with van der Waals surface area (Å²) in [6.45, 7) is -0.495. The van der Waals surface area contributed by atoms with Crippen molar-refractivity contribution in [2.24, 2.45) is 0 Å². The van der Waals surface area contributed by atoms with Gasteiger partial charge in [0.2, 0.25) is 10.0 Å². The summed E-state index contributed by atoms with van der Waals surface area (Å²) >= 11 is 8.01. The van der Waals surface area contributed by atoms with Crippen LogP contribution in [-0.2, 0) is 21.2 Å². The van der Waals surface area contributed by atoms with Crippen molar-refractivity contribution in [2.75, 3.05) is 17.6 Å². The first-order valence-corrected chi connectivity index (χ1v) is 13.9. The highest BCUT2D eigenvalue weighted by Gasteiger charge is 2.44. The molecule has 11 heteroatoms. The summed E-state index contributed by atoms with van der Waals surface area (Å²) in [6, 6.07) is 16.2. The van der Waals surface area contributed by atoms with E-state index >= 15 is 0 Å². The number of benzene rings is 2. The Kier molecular flexibility index (Phi) is 7.84. The molecule has 0 bridgehead atoms. The maximum absolute atomic E-state index is 11.4. The normalized spacial score (nSPS) is 24.9. The Balaban J connectivity index is 1.52. The van der Waals surface area contributed by atoms with E-state index in [2.05, 4.69) is 4.72 Å². The van der Waals surface area contributed by atoms with Crippen molar-refractivity contribution in [3.63, 3.8) is 0 Å². The van der Waals surface area contributed by atoms with Gasteiger partial charge in [-0.1, -0.05) is 35.9 Å². The maximum atomic E-state index is 11.4. The number of anilines is 1. The Morgan fingerprint density at radius 3 is 2.37 bits per heavy atom. The molecule has 2 heterocycles. The average Bonchev–Trinajstić information content (AvgIpc) is 3.27. The highest BCUT2D eigenvalue weighted by Crippen LogP contribution is 2.36. The van der Waals surface area contributed by atoms with Crippen LogP contribution < -0.4 is 4.72 Å². The second-order valence-corrected chi connectivity index (χ2v) is 11.8. The van der Waals surface area contributed by atoms with Crippen LogP contribution in [0.15, 0.2) is 54.6 Å². The molecule has 1 aromatic heterocycles. The molecule has 1 aliphatic rings. The van der Waals surface area contributed by atoms with Crippen LogP contribution in [0.3, 0.4) is 0 Å². The number of hydrogen-bond donors (Lipinski definition) is 5. The maximum Gasteiger partial charge on any atom is 0.229 e. The molecule has 1 saturated heterocycles. The predicted molar refractivity (Wildman–Crippen MR) is 135 cm³/mol. The first kappa shape index (κ1) is 26.1. The average molecular weight is 540 g/mol. The molecular weight excluding hydrogens is 514 g/mol. The Bertz CT molecular complexity index is 1280. The predicted octanol–water partition coefficient (Wildman–Crippen LogP) is 2.55. The van der Waals surface area contributed by atoms with Gasteiger partial charge in [0.05, 0.1) is 12.9 Å². The number of aliphatic hydroxyl groups excluding tert-OH is 4. The number of nitrogens with one attached hydrogen (secondary N) is 1. The highest BCUT2D eigenvalue weighted by atomic mass is 35.5. The number of rotatable bonds is 7. The molecule has 5 atom stereocenters. The van der Waals surface area contributed by atoms with Gasteiger partial charge in [-0.15, -0.1) is 11.3 Å². The summed E-state index contributed by atoms with van der Waals surface area (Å²) in [5.41, 5.74) is 2.81. The molecule has 0 amide bonds. The van der Waals surface area contributed by atoms with E-state index in [-0.39, 0.29) is 0 Å². The van der Waals surface area contributed by atoms with E-state index in [4.69, 9.17) is 16.3 Å². The topological polar surface area (TPSA) is 136 Å². The number of hydrogen-bond acceptors (Lipinski definition) is 8. The molecule has 1 aliphatic heterocycles.